The fraction of sp³-hybridized carbons (Fsp3) is 0.600. The molecule has 2 rings (SSSR count). The monoisotopic (exact) mass is 194 g/mol. The number of nitrogens with zero attached hydrogens (tertiary/aromatic N) is 2. The first-order valence-electron chi connectivity index (χ1n) is 4.96. The first-order chi connectivity index (χ1) is 6.74. The van der Waals surface area contributed by atoms with Crippen LogP contribution in [0.5, 0.6) is 0 Å². The summed E-state index contributed by atoms with van der Waals surface area (Å²) in [4.78, 5) is 26.2. The van der Waals surface area contributed by atoms with Crippen molar-refractivity contribution in [1.29, 1.82) is 0 Å². The van der Waals surface area contributed by atoms with Gasteiger partial charge in [-0.1, -0.05) is 6.08 Å². The minimum absolute atomic E-state index is 0.0541. The molecule has 14 heavy (non-hydrogen) atoms. The van der Waals surface area contributed by atoms with Crippen LogP contribution in [0.25, 0.3) is 0 Å². The summed E-state index contributed by atoms with van der Waals surface area (Å²) in [6.45, 7) is 4.25. The molecule has 76 valence electrons. The third-order valence-corrected chi connectivity index (χ3v) is 2.86. The predicted octanol–water partition coefficient (Wildman–Crippen LogP) is 0.989. The number of amides is 3. The molecule has 1 aliphatic carbocycles. The van der Waals surface area contributed by atoms with Gasteiger partial charge in [-0.2, -0.15) is 0 Å². The molecule has 4 nitrogen and oxygen atoms in total. The molecular weight excluding hydrogens is 180 g/mol. The second kappa shape index (κ2) is 3.44. The van der Waals surface area contributed by atoms with E-state index in [1.807, 2.05) is 0 Å². The molecule has 0 atom stereocenters. The largest absolute Gasteiger partial charge is 0.327 e. The highest BCUT2D eigenvalue weighted by Gasteiger charge is 2.41. The lowest BCUT2D eigenvalue weighted by atomic mass is 9.92. The summed E-state index contributed by atoms with van der Waals surface area (Å²) in [6, 6.07) is 0.0319. The van der Waals surface area contributed by atoms with E-state index in [4.69, 9.17) is 0 Å². The Bertz CT molecular complexity index is 284. The highest BCUT2D eigenvalue weighted by Crippen LogP contribution is 2.28. The van der Waals surface area contributed by atoms with Gasteiger partial charge in [0.2, 0.25) is 0 Å². The maximum Gasteiger partial charge on any atom is 0.327 e. The topological polar surface area (TPSA) is 40.6 Å². The SMILES string of the molecule is C=CCN1CC(=O)N(C2CCC2)C1=O. The van der Waals surface area contributed by atoms with E-state index in [-0.39, 0.29) is 24.5 Å². The average Bonchev–Trinajstić information content (AvgIpc) is 2.31. The van der Waals surface area contributed by atoms with Gasteiger partial charge in [-0.3, -0.25) is 9.69 Å². The third-order valence-electron chi connectivity index (χ3n) is 2.86. The Kier molecular flexibility index (Phi) is 2.27. The van der Waals surface area contributed by atoms with E-state index in [0.717, 1.165) is 19.3 Å². The van der Waals surface area contributed by atoms with Crippen molar-refractivity contribution in [2.45, 2.75) is 25.3 Å². The Morgan fingerprint density at radius 1 is 1.43 bits per heavy atom. The van der Waals surface area contributed by atoms with E-state index in [2.05, 4.69) is 6.58 Å². The van der Waals surface area contributed by atoms with Crippen LogP contribution in [0.3, 0.4) is 0 Å². The lowest BCUT2D eigenvalue weighted by Crippen LogP contribution is -2.44. The van der Waals surface area contributed by atoms with Gasteiger partial charge >= 0.3 is 6.03 Å². The van der Waals surface area contributed by atoms with Crippen LogP contribution < -0.4 is 0 Å². The normalized spacial score (nSPS) is 22.9. The number of rotatable bonds is 3. The summed E-state index contributed by atoms with van der Waals surface area (Å²) in [5.41, 5.74) is 0. The number of carbonyl (C=O) groups excluding carboxylic acids is 2. The number of imide groups is 1. The molecular formula is C10H14N2O2. The molecule has 3 amide bonds. The zero-order valence-corrected chi connectivity index (χ0v) is 8.11. The van der Waals surface area contributed by atoms with Crippen molar-refractivity contribution in [2.24, 2.45) is 0 Å². The Balaban J connectivity index is 2.07. The smallest absolute Gasteiger partial charge is 0.311 e. The first-order valence-corrected chi connectivity index (χ1v) is 4.96. The van der Waals surface area contributed by atoms with Crippen LogP contribution in [0.4, 0.5) is 4.79 Å². The van der Waals surface area contributed by atoms with Crippen molar-refractivity contribution in [3.63, 3.8) is 0 Å². The van der Waals surface area contributed by atoms with Crippen LogP contribution in [0.1, 0.15) is 19.3 Å². The van der Waals surface area contributed by atoms with Crippen molar-refractivity contribution >= 4 is 11.9 Å². The number of urea groups is 1. The Labute approximate surface area is 83.2 Å². The fourth-order valence-corrected chi connectivity index (χ4v) is 1.87. The maximum absolute atomic E-state index is 11.7. The molecule has 0 N–H and O–H groups in total. The zero-order chi connectivity index (χ0) is 10.1. The second-order valence-electron chi connectivity index (χ2n) is 3.80. The van der Waals surface area contributed by atoms with Gasteiger partial charge in [0.1, 0.15) is 6.54 Å². The van der Waals surface area contributed by atoms with Crippen LogP contribution in [-0.2, 0) is 4.79 Å². The van der Waals surface area contributed by atoms with Gasteiger partial charge in [-0.25, -0.2) is 4.79 Å². The van der Waals surface area contributed by atoms with Crippen molar-refractivity contribution in [1.82, 2.24) is 9.80 Å². The van der Waals surface area contributed by atoms with Crippen molar-refractivity contribution < 1.29 is 9.59 Å². The van der Waals surface area contributed by atoms with Gasteiger partial charge in [-0.05, 0) is 19.3 Å². The summed E-state index contributed by atoms with van der Waals surface area (Å²) in [5.74, 6) is -0.0541. The molecule has 1 aliphatic heterocycles. The second-order valence-corrected chi connectivity index (χ2v) is 3.80. The predicted molar refractivity (Wildman–Crippen MR) is 51.7 cm³/mol. The van der Waals surface area contributed by atoms with Crippen molar-refractivity contribution in [2.75, 3.05) is 13.1 Å². The fourth-order valence-electron chi connectivity index (χ4n) is 1.87. The van der Waals surface area contributed by atoms with Gasteiger partial charge in [-0.15, -0.1) is 6.58 Å². The number of carbonyl (C=O) groups is 2. The molecule has 0 bridgehead atoms. The van der Waals surface area contributed by atoms with Gasteiger partial charge in [0.05, 0.1) is 0 Å². The van der Waals surface area contributed by atoms with Crippen LogP contribution in [0.15, 0.2) is 12.7 Å². The molecule has 2 fully saturated rings. The van der Waals surface area contributed by atoms with Crippen LogP contribution in [0, 0.1) is 0 Å². The molecule has 0 aromatic rings. The molecule has 0 radical (unpaired) electrons. The highest BCUT2D eigenvalue weighted by atomic mass is 16.2. The van der Waals surface area contributed by atoms with E-state index in [9.17, 15) is 9.59 Å². The summed E-state index contributed by atoms with van der Waals surface area (Å²) < 4.78 is 0. The molecule has 0 aromatic carbocycles. The van der Waals surface area contributed by atoms with E-state index < -0.39 is 0 Å². The van der Waals surface area contributed by atoms with Crippen molar-refractivity contribution in [3.05, 3.63) is 12.7 Å². The average molecular weight is 194 g/mol. The van der Waals surface area contributed by atoms with Gasteiger partial charge < -0.3 is 4.90 Å². The Morgan fingerprint density at radius 2 is 2.14 bits per heavy atom. The highest BCUT2D eigenvalue weighted by molar-refractivity contribution is 6.02. The van der Waals surface area contributed by atoms with Crippen LogP contribution >= 0.6 is 0 Å². The van der Waals surface area contributed by atoms with Crippen LogP contribution in [0.2, 0.25) is 0 Å². The summed E-state index contributed by atoms with van der Waals surface area (Å²) in [7, 11) is 0. The Hall–Kier alpha value is -1.32. The van der Waals surface area contributed by atoms with Gasteiger partial charge in [0.15, 0.2) is 0 Å². The van der Waals surface area contributed by atoms with E-state index in [0.29, 0.717) is 6.54 Å². The lowest BCUT2D eigenvalue weighted by molar-refractivity contribution is -0.127. The van der Waals surface area contributed by atoms with Crippen LogP contribution in [-0.4, -0.2) is 40.9 Å². The Morgan fingerprint density at radius 3 is 2.64 bits per heavy atom. The summed E-state index contributed by atoms with van der Waals surface area (Å²) in [5, 5.41) is 0. The van der Waals surface area contributed by atoms with Crippen molar-refractivity contribution in [3.8, 4) is 0 Å². The first kappa shape index (κ1) is 9.24. The van der Waals surface area contributed by atoms with E-state index in [1.165, 1.54) is 9.80 Å². The standard InChI is InChI=1S/C10H14N2O2/c1-2-6-11-7-9(13)12(10(11)14)8-4-3-5-8/h2,8H,1,3-7H2. The summed E-state index contributed by atoms with van der Waals surface area (Å²) in [6.07, 6.45) is 4.72. The number of hydrogen-bond donors (Lipinski definition) is 0. The molecule has 1 heterocycles. The molecule has 2 aliphatic rings. The van der Waals surface area contributed by atoms with Gasteiger partial charge in [0, 0.05) is 12.6 Å². The third kappa shape index (κ3) is 1.31. The molecule has 0 aromatic heterocycles. The lowest BCUT2D eigenvalue weighted by Gasteiger charge is -2.32. The maximum atomic E-state index is 11.7. The minimum atomic E-state index is -0.139. The quantitative estimate of drug-likeness (QED) is 0.496. The molecule has 0 spiro atoms. The number of hydrogen-bond acceptors (Lipinski definition) is 2. The summed E-state index contributed by atoms with van der Waals surface area (Å²) >= 11 is 0. The van der Waals surface area contributed by atoms with E-state index >= 15 is 0 Å². The molecule has 4 heteroatoms. The zero-order valence-electron chi connectivity index (χ0n) is 8.11. The minimum Gasteiger partial charge on any atom is -0.311 e. The molecule has 1 saturated heterocycles. The molecule has 1 saturated carbocycles. The van der Waals surface area contributed by atoms with E-state index in [1.54, 1.807) is 6.08 Å². The molecule has 0 unspecified atom stereocenters. The van der Waals surface area contributed by atoms with Gasteiger partial charge in [0.25, 0.3) is 5.91 Å².